The van der Waals surface area contributed by atoms with Crippen molar-refractivity contribution in [2.45, 2.75) is 213 Å². The molecule has 5 amide bonds. The SMILES string of the molecule is CC(C)(C)OC(=O)CCCCCCCCCCCCCCC(=O)NC(CCC(=O)NC(CCC(=O)NCCOCCOCC(=O)NCCOCCOCC(=O)NCC[N+](C)(C)CCOCCOCCC(=O)O)C(=O)OC(C)(C)C)C(=O)OC(C)(C)C. The summed E-state index contributed by atoms with van der Waals surface area (Å²) in [7, 11) is 4.05. The molecular formula is C61H113N6O19+. The molecule has 0 rings (SSSR count). The Kier molecular flexibility index (Phi) is 45.1. The monoisotopic (exact) mass is 1230 g/mol. The highest BCUT2D eigenvalue weighted by Gasteiger charge is 2.30. The van der Waals surface area contributed by atoms with Gasteiger partial charge in [-0.2, -0.15) is 0 Å². The van der Waals surface area contributed by atoms with Crippen molar-refractivity contribution in [3.8, 4) is 0 Å². The number of aliphatic carboxylic acids is 1. The van der Waals surface area contributed by atoms with Crippen LogP contribution in [-0.2, 0) is 85.8 Å². The number of unbranched alkanes of at least 4 members (excludes halogenated alkanes) is 11. The van der Waals surface area contributed by atoms with Crippen LogP contribution in [0.15, 0.2) is 0 Å². The minimum atomic E-state index is -1.17. The number of hydrogen-bond acceptors (Lipinski definition) is 18. The lowest BCUT2D eigenvalue weighted by atomic mass is 10.0. The Balaban J connectivity index is 4.43. The lowest BCUT2D eigenvalue weighted by molar-refractivity contribution is -0.889. The first kappa shape index (κ1) is 81.0. The molecule has 0 aliphatic carbocycles. The molecule has 25 heteroatoms. The number of carboxylic acids is 1. The second kappa shape index (κ2) is 47.9. The molecule has 6 N–H and O–H groups in total. The van der Waals surface area contributed by atoms with Gasteiger partial charge < -0.3 is 78.8 Å². The first-order valence-electron chi connectivity index (χ1n) is 31.0. The van der Waals surface area contributed by atoms with E-state index in [0.717, 1.165) is 64.3 Å². The number of carboxylic acid groups (broad SMARTS) is 1. The molecule has 0 aromatic carbocycles. The number of ether oxygens (including phenoxy) is 9. The fourth-order valence-corrected chi connectivity index (χ4v) is 7.93. The quantitative estimate of drug-likeness (QED) is 0.0202. The van der Waals surface area contributed by atoms with Gasteiger partial charge in [-0.15, -0.1) is 0 Å². The Bertz CT molecular complexity index is 1920. The van der Waals surface area contributed by atoms with Crippen LogP contribution in [0.4, 0.5) is 0 Å². The minimum absolute atomic E-state index is 0.0408. The first-order chi connectivity index (χ1) is 40.5. The number of nitrogens with zero attached hydrogens (tertiary/aromatic N) is 1. The highest BCUT2D eigenvalue weighted by atomic mass is 16.6. The normalized spacial score (nSPS) is 12.6. The maximum atomic E-state index is 13.3. The predicted molar refractivity (Wildman–Crippen MR) is 323 cm³/mol. The standard InChI is InChI=1S/C61H112N6O19/c1-59(2,3)84-56(75)25-23-21-19-17-15-13-12-14-16-18-20-22-24-51(69)65-49(58(77)86-61(7,8)9)27-29-52(70)66-48(57(76)85-60(4,5)6)26-28-50(68)63-32-37-79-42-45-83-47-54(72)64-33-38-80-43-44-82-46-53(71)62-31-34-67(10,11)35-39-81-41-40-78-36-30-55(73)74/h48-49H,12-47H2,1-11H3,(H5-,62,63,64,65,66,68,69,70,71,72,73,74)/p+1. The third kappa shape index (κ3) is 54.3. The maximum Gasteiger partial charge on any atom is 0.329 e. The van der Waals surface area contributed by atoms with Gasteiger partial charge in [0.2, 0.25) is 29.5 Å². The van der Waals surface area contributed by atoms with Crippen molar-refractivity contribution >= 4 is 53.4 Å². The average molecular weight is 1230 g/mol. The van der Waals surface area contributed by atoms with Gasteiger partial charge in [-0.3, -0.25) is 33.6 Å². The number of quaternary nitrogens is 1. The van der Waals surface area contributed by atoms with Gasteiger partial charge in [0.15, 0.2) is 0 Å². The molecule has 500 valence electrons. The fourth-order valence-electron chi connectivity index (χ4n) is 7.93. The third-order valence-corrected chi connectivity index (χ3v) is 12.4. The average Bonchev–Trinajstić information content (AvgIpc) is 3.58. The van der Waals surface area contributed by atoms with Crippen molar-refractivity contribution in [1.82, 2.24) is 26.6 Å². The van der Waals surface area contributed by atoms with Gasteiger partial charge in [0, 0.05) is 38.8 Å². The van der Waals surface area contributed by atoms with Crippen molar-refractivity contribution in [2.75, 3.05) is 126 Å². The molecule has 0 aliphatic rings. The largest absolute Gasteiger partial charge is 0.481 e. The minimum Gasteiger partial charge on any atom is -0.481 e. The third-order valence-electron chi connectivity index (χ3n) is 12.4. The van der Waals surface area contributed by atoms with E-state index >= 15 is 0 Å². The summed E-state index contributed by atoms with van der Waals surface area (Å²) < 4.78 is 49.5. The van der Waals surface area contributed by atoms with Crippen molar-refractivity contribution in [1.29, 1.82) is 0 Å². The van der Waals surface area contributed by atoms with Crippen molar-refractivity contribution < 1.29 is 95.4 Å². The molecule has 0 saturated heterocycles. The van der Waals surface area contributed by atoms with Crippen LogP contribution in [0.1, 0.15) is 184 Å². The Morgan fingerprint density at radius 1 is 0.372 bits per heavy atom. The summed E-state index contributed by atoms with van der Waals surface area (Å²) in [5.41, 5.74) is -2.16. The van der Waals surface area contributed by atoms with E-state index in [2.05, 4.69) is 26.6 Å². The smallest absolute Gasteiger partial charge is 0.329 e. The van der Waals surface area contributed by atoms with E-state index in [-0.39, 0.29) is 135 Å². The molecular weight excluding hydrogens is 1120 g/mol. The summed E-state index contributed by atoms with van der Waals surface area (Å²) in [5.74, 6) is -4.33. The van der Waals surface area contributed by atoms with E-state index in [1.165, 1.54) is 12.8 Å². The van der Waals surface area contributed by atoms with Gasteiger partial charge >= 0.3 is 23.9 Å². The van der Waals surface area contributed by atoms with Crippen LogP contribution >= 0.6 is 0 Å². The van der Waals surface area contributed by atoms with Crippen LogP contribution in [0.3, 0.4) is 0 Å². The summed E-state index contributed by atoms with van der Waals surface area (Å²) >= 11 is 0. The molecule has 0 saturated carbocycles. The summed E-state index contributed by atoms with van der Waals surface area (Å²) in [5, 5.41) is 22.2. The maximum absolute atomic E-state index is 13.3. The Labute approximate surface area is 513 Å². The molecule has 0 fully saturated rings. The number of hydrogen-bond donors (Lipinski definition) is 6. The summed E-state index contributed by atoms with van der Waals surface area (Å²) in [6, 6.07) is -2.27. The van der Waals surface area contributed by atoms with Gasteiger partial charge in [0.1, 0.15) is 48.6 Å². The molecule has 0 bridgehead atoms. The molecule has 0 heterocycles. The first-order valence-corrected chi connectivity index (χ1v) is 31.0. The number of nitrogens with one attached hydrogen (secondary N) is 5. The Morgan fingerprint density at radius 2 is 0.733 bits per heavy atom. The summed E-state index contributed by atoms with van der Waals surface area (Å²) in [4.78, 5) is 112. The Hall–Kier alpha value is -5.05. The summed E-state index contributed by atoms with van der Waals surface area (Å²) in [6.07, 6.45) is 12.5. The summed E-state index contributed by atoms with van der Waals surface area (Å²) in [6.45, 7) is 20.2. The number of esters is 3. The van der Waals surface area contributed by atoms with Crippen molar-refractivity contribution in [3.05, 3.63) is 0 Å². The lowest BCUT2D eigenvalue weighted by Gasteiger charge is -2.29. The molecule has 0 aliphatic heterocycles. The molecule has 86 heavy (non-hydrogen) atoms. The lowest BCUT2D eigenvalue weighted by Crippen LogP contribution is -2.47. The molecule has 2 atom stereocenters. The second-order valence-corrected chi connectivity index (χ2v) is 24.8. The van der Waals surface area contributed by atoms with Crippen LogP contribution in [0.25, 0.3) is 0 Å². The fraction of sp³-hybridized carbons (Fsp3) is 0.852. The van der Waals surface area contributed by atoms with Crippen molar-refractivity contribution in [2.24, 2.45) is 0 Å². The molecule has 0 aromatic heterocycles. The van der Waals surface area contributed by atoms with E-state index in [9.17, 15) is 43.2 Å². The van der Waals surface area contributed by atoms with E-state index in [1.54, 1.807) is 41.5 Å². The van der Waals surface area contributed by atoms with Gasteiger partial charge in [-0.25, -0.2) is 9.59 Å². The van der Waals surface area contributed by atoms with Crippen LogP contribution in [0.2, 0.25) is 0 Å². The van der Waals surface area contributed by atoms with Crippen LogP contribution in [-0.4, -0.2) is 218 Å². The zero-order chi connectivity index (χ0) is 64.7. The molecule has 0 spiro atoms. The van der Waals surface area contributed by atoms with Crippen LogP contribution < -0.4 is 26.6 Å². The van der Waals surface area contributed by atoms with Crippen molar-refractivity contribution in [3.63, 3.8) is 0 Å². The van der Waals surface area contributed by atoms with Gasteiger partial charge in [-0.1, -0.05) is 64.2 Å². The van der Waals surface area contributed by atoms with E-state index < -0.39 is 58.6 Å². The van der Waals surface area contributed by atoms with E-state index in [0.29, 0.717) is 50.2 Å². The van der Waals surface area contributed by atoms with Crippen LogP contribution in [0, 0.1) is 0 Å². The molecule has 0 aromatic rings. The zero-order valence-corrected chi connectivity index (χ0v) is 54.4. The highest BCUT2D eigenvalue weighted by Crippen LogP contribution is 2.17. The Morgan fingerprint density at radius 3 is 1.17 bits per heavy atom. The number of carbonyl (C=O) groups excluding carboxylic acids is 8. The number of amides is 5. The van der Waals surface area contributed by atoms with Gasteiger partial charge in [0.05, 0.1) is 99.7 Å². The van der Waals surface area contributed by atoms with Gasteiger partial charge in [0.25, 0.3) is 0 Å². The molecule has 2 unspecified atom stereocenters. The van der Waals surface area contributed by atoms with E-state index in [1.807, 2.05) is 34.9 Å². The second-order valence-electron chi connectivity index (χ2n) is 24.8. The highest BCUT2D eigenvalue weighted by molar-refractivity contribution is 5.87. The van der Waals surface area contributed by atoms with E-state index in [4.69, 9.17) is 47.7 Å². The topological polar surface area (TPSA) is 317 Å². The zero-order valence-electron chi connectivity index (χ0n) is 54.4. The van der Waals surface area contributed by atoms with Gasteiger partial charge in [-0.05, 0) is 88.0 Å². The predicted octanol–water partition coefficient (Wildman–Crippen LogP) is 5.00. The van der Waals surface area contributed by atoms with Crippen LogP contribution in [0.5, 0.6) is 0 Å². The number of carbonyl (C=O) groups is 9. The molecule has 25 nitrogen and oxygen atoms in total. The number of likely N-dealkylation sites (N-methyl/N-ethyl adjacent to an activating group) is 1. The number of rotatable bonds is 53. The molecule has 0 radical (unpaired) electrons.